The first-order valence-electron chi connectivity index (χ1n) is 10.9. The van der Waals surface area contributed by atoms with Crippen LogP contribution in [0.1, 0.15) is 24.8 Å². The van der Waals surface area contributed by atoms with E-state index in [9.17, 15) is 22.7 Å². The van der Waals surface area contributed by atoms with Crippen molar-refractivity contribution < 1.29 is 22.7 Å². The first kappa shape index (κ1) is 20.3. The molecule has 1 aromatic heterocycles. The molecule has 170 valence electrons. The van der Waals surface area contributed by atoms with Crippen molar-refractivity contribution in [2.24, 2.45) is 22.2 Å². The number of hydrogen-bond acceptors (Lipinski definition) is 6. The SMILES string of the molecule is O=C1C(C2=NS(=O)(=O)c3ncccc3N2)=C(O)C2C([C@H]3CC[C@@H]2C3)N1Cc1ccc(F)cc1. The summed E-state index contributed by atoms with van der Waals surface area (Å²) in [7, 11) is -4.14. The Labute approximate surface area is 189 Å². The molecular formula is C23H21FN4O4S. The Kier molecular flexibility index (Phi) is 4.39. The Morgan fingerprint density at radius 1 is 1.15 bits per heavy atom. The summed E-state index contributed by atoms with van der Waals surface area (Å²) in [6, 6.07) is 8.89. The number of aliphatic hydroxyl groups excluding tert-OH is 1. The Balaban J connectivity index is 1.45. The number of pyridine rings is 1. The molecule has 1 aromatic carbocycles. The summed E-state index contributed by atoms with van der Waals surface area (Å²) in [5, 5.41) is 13.9. The molecule has 2 aromatic rings. The number of hydrogen-bond donors (Lipinski definition) is 2. The van der Waals surface area contributed by atoms with Gasteiger partial charge in [-0.3, -0.25) is 4.79 Å². The fourth-order valence-corrected chi connectivity index (χ4v) is 7.00. The van der Waals surface area contributed by atoms with Crippen molar-refractivity contribution in [1.29, 1.82) is 0 Å². The molecule has 2 aliphatic carbocycles. The van der Waals surface area contributed by atoms with Gasteiger partial charge in [0.25, 0.3) is 5.91 Å². The van der Waals surface area contributed by atoms with Crippen molar-refractivity contribution in [2.75, 3.05) is 5.32 Å². The van der Waals surface area contributed by atoms with Crippen molar-refractivity contribution in [1.82, 2.24) is 9.88 Å². The maximum Gasteiger partial charge on any atom is 0.303 e. The summed E-state index contributed by atoms with van der Waals surface area (Å²) in [6.07, 6.45) is 4.19. The number of rotatable bonds is 3. The van der Waals surface area contributed by atoms with Gasteiger partial charge in [-0.2, -0.15) is 8.42 Å². The monoisotopic (exact) mass is 468 g/mol. The molecule has 33 heavy (non-hydrogen) atoms. The van der Waals surface area contributed by atoms with E-state index in [1.165, 1.54) is 24.4 Å². The molecule has 2 unspecified atom stereocenters. The molecule has 6 rings (SSSR count). The van der Waals surface area contributed by atoms with Gasteiger partial charge in [0.15, 0.2) is 5.84 Å². The first-order valence-corrected chi connectivity index (χ1v) is 12.3. The second-order valence-corrected chi connectivity index (χ2v) is 10.6. The third-order valence-corrected chi connectivity index (χ3v) is 8.50. The van der Waals surface area contributed by atoms with Gasteiger partial charge in [0.1, 0.15) is 17.1 Å². The van der Waals surface area contributed by atoms with E-state index >= 15 is 0 Å². The third kappa shape index (κ3) is 3.07. The van der Waals surface area contributed by atoms with Crippen LogP contribution in [0, 0.1) is 23.6 Å². The zero-order chi connectivity index (χ0) is 22.9. The number of halogens is 1. The fourth-order valence-electron chi connectivity index (χ4n) is 5.95. The molecule has 10 heteroatoms. The smallest absolute Gasteiger partial charge is 0.303 e. The number of carbonyl (C=O) groups excluding carboxylic acids is 1. The number of amides is 1. The minimum absolute atomic E-state index is 0.0960. The zero-order valence-electron chi connectivity index (χ0n) is 17.5. The van der Waals surface area contributed by atoms with Crippen LogP contribution in [0.4, 0.5) is 10.1 Å². The van der Waals surface area contributed by atoms with Crippen molar-refractivity contribution in [3.8, 4) is 0 Å². The highest BCUT2D eigenvalue weighted by Crippen LogP contribution is 2.55. The average molecular weight is 469 g/mol. The Morgan fingerprint density at radius 3 is 2.70 bits per heavy atom. The van der Waals surface area contributed by atoms with Gasteiger partial charge < -0.3 is 15.3 Å². The number of fused-ring (bicyclic) bond motifs is 6. The summed E-state index contributed by atoms with van der Waals surface area (Å²) >= 11 is 0. The summed E-state index contributed by atoms with van der Waals surface area (Å²) in [5.41, 5.74) is 0.840. The van der Waals surface area contributed by atoms with Crippen LogP contribution in [0.5, 0.6) is 0 Å². The van der Waals surface area contributed by atoms with Crippen LogP contribution in [-0.2, 0) is 21.4 Å². The van der Waals surface area contributed by atoms with E-state index in [1.807, 2.05) is 0 Å². The van der Waals surface area contributed by atoms with E-state index in [1.54, 1.807) is 23.1 Å². The molecule has 0 radical (unpaired) electrons. The summed E-state index contributed by atoms with van der Waals surface area (Å²) < 4.78 is 42.7. The van der Waals surface area contributed by atoms with Crippen molar-refractivity contribution in [3.05, 3.63) is 65.3 Å². The van der Waals surface area contributed by atoms with E-state index in [-0.39, 0.29) is 64.0 Å². The van der Waals surface area contributed by atoms with Crippen LogP contribution in [0.2, 0.25) is 0 Å². The van der Waals surface area contributed by atoms with E-state index in [2.05, 4.69) is 14.7 Å². The highest BCUT2D eigenvalue weighted by Gasteiger charge is 2.57. The Morgan fingerprint density at radius 2 is 1.91 bits per heavy atom. The van der Waals surface area contributed by atoms with E-state index < -0.39 is 15.9 Å². The number of sulfonamides is 1. The molecule has 3 heterocycles. The Bertz CT molecular complexity index is 1340. The fraction of sp³-hybridized carbons (Fsp3) is 0.348. The van der Waals surface area contributed by atoms with Crippen molar-refractivity contribution >= 4 is 27.5 Å². The number of amidine groups is 1. The summed E-state index contributed by atoms with van der Waals surface area (Å²) in [4.78, 5) is 19.3. The number of nitrogens with one attached hydrogen (secondary N) is 1. The van der Waals surface area contributed by atoms with Gasteiger partial charge in [0.2, 0.25) is 5.03 Å². The molecule has 8 nitrogen and oxygen atoms in total. The van der Waals surface area contributed by atoms with Gasteiger partial charge in [0, 0.05) is 24.7 Å². The molecule has 1 amide bonds. The molecule has 0 spiro atoms. The van der Waals surface area contributed by atoms with Crippen LogP contribution in [-0.4, -0.2) is 41.2 Å². The topological polar surface area (TPSA) is 112 Å². The molecule has 4 atom stereocenters. The number of benzene rings is 1. The lowest BCUT2D eigenvalue weighted by Gasteiger charge is -2.44. The molecule has 2 bridgehead atoms. The number of carbonyl (C=O) groups is 1. The molecule has 0 saturated heterocycles. The third-order valence-electron chi connectivity index (χ3n) is 7.26. The van der Waals surface area contributed by atoms with E-state index in [0.717, 1.165) is 24.8 Å². The van der Waals surface area contributed by atoms with E-state index in [4.69, 9.17) is 0 Å². The van der Waals surface area contributed by atoms with Gasteiger partial charge >= 0.3 is 10.0 Å². The minimum Gasteiger partial charge on any atom is -0.511 e. The quantitative estimate of drug-likeness (QED) is 0.716. The number of aromatic nitrogens is 1. The van der Waals surface area contributed by atoms with Crippen LogP contribution >= 0.6 is 0 Å². The Hall–Kier alpha value is -3.27. The number of aliphatic hydroxyl groups is 1. The van der Waals surface area contributed by atoms with Gasteiger partial charge in [0.05, 0.1) is 5.69 Å². The number of nitrogens with zero attached hydrogens (tertiary/aromatic N) is 3. The molecule has 2 N–H and O–H groups in total. The van der Waals surface area contributed by atoms with Crippen LogP contribution in [0.15, 0.2) is 63.4 Å². The van der Waals surface area contributed by atoms with Gasteiger partial charge in [-0.25, -0.2) is 9.37 Å². The highest BCUT2D eigenvalue weighted by atomic mass is 32.2. The molecule has 2 aliphatic heterocycles. The normalized spacial score (nSPS) is 29.4. The zero-order valence-corrected chi connectivity index (χ0v) is 18.3. The largest absolute Gasteiger partial charge is 0.511 e. The maximum atomic E-state index is 13.8. The minimum atomic E-state index is -4.14. The lowest BCUT2D eigenvalue weighted by Crippen LogP contribution is -2.53. The average Bonchev–Trinajstić information content (AvgIpc) is 3.40. The van der Waals surface area contributed by atoms with Crippen LogP contribution < -0.4 is 5.32 Å². The van der Waals surface area contributed by atoms with Gasteiger partial charge in [-0.1, -0.05) is 12.1 Å². The van der Waals surface area contributed by atoms with Gasteiger partial charge in [-0.15, -0.1) is 4.40 Å². The van der Waals surface area contributed by atoms with Crippen molar-refractivity contribution in [3.63, 3.8) is 0 Å². The maximum absolute atomic E-state index is 13.8. The highest BCUT2D eigenvalue weighted by molar-refractivity contribution is 7.90. The lowest BCUT2D eigenvalue weighted by molar-refractivity contribution is -0.134. The summed E-state index contributed by atoms with van der Waals surface area (Å²) in [5.74, 6) is -0.932. The van der Waals surface area contributed by atoms with Crippen molar-refractivity contribution in [2.45, 2.75) is 36.9 Å². The second-order valence-electron chi connectivity index (χ2n) is 9.07. The molecular weight excluding hydrogens is 447 g/mol. The van der Waals surface area contributed by atoms with Crippen LogP contribution in [0.3, 0.4) is 0 Å². The standard InChI is InChI=1S/C23H21FN4O4S/c24-15-7-3-12(4-8-15)11-28-19-14-6-5-13(10-14)17(19)20(29)18(23(28)30)21-26-16-2-1-9-25-22(16)33(31,32)27-21/h1-4,7-9,13-14,17,19,29H,5-6,10-11H2,(H,26,27)/t13-,14+,17?,19?/m1/s1. The lowest BCUT2D eigenvalue weighted by atomic mass is 9.77. The number of anilines is 1. The first-order chi connectivity index (χ1) is 15.8. The molecule has 2 saturated carbocycles. The second kappa shape index (κ2) is 7.11. The van der Waals surface area contributed by atoms with E-state index in [0.29, 0.717) is 0 Å². The van der Waals surface area contributed by atoms with Gasteiger partial charge in [-0.05, 0) is 60.9 Å². The van der Waals surface area contributed by atoms with Crippen LogP contribution in [0.25, 0.3) is 0 Å². The molecule has 2 fully saturated rings. The summed E-state index contributed by atoms with van der Waals surface area (Å²) in [6.45, 7) is 0.235. The predicted molar refractivity (Wildman–Crippen MR) is 117 cm³/mol. The predicted octanol–water partition coefficient (Wildman–Crippen LogP) is 3.00. The molecule has 4 aliphatic rings.